The van der Waals surface area contributed by atoms with E-state index in [1.54, 1.807) is 16.0 Å². The molecule has 4 nitrogen and oxygen atoms in total. The summed E-state index contributed by atoms with van der Waals surface area (Å²) >= 11 is 1.65. The van der Waals surface area contributed by atoms with Gasteiger partial charge in [-0.15, -0.1) is 11.3 Å². The van der Waals surface area contributed by atoms with Gasteiger partial charge in [-0.2, -0.15) is 5.10 Å². The molecular formula is C13H17N3OS. The van der Waals surface area contributed by atoms with E-state index in [-0.39, 0.29) is 18.5 Å². The highest BCUT2D eigenvalue weighted by Gasteiger charge is 2.12. The molecule has 1 unspecified atom stereocenters. The summed E-state index contributed by atoms with van der Waals surface area (Å²) in [7, 11) is 0. The van der Waals surface area contributed by atoms with Crippen molar-refractivity contribution in [3.05, 3.63) is 39.8 Å². The van der Waals surface area contributed by atoms with Crippen LogP contribution in [0.3, 0.4) is 0 Å². The Hall–Kier alpha value is -1.62. The zero-order valence-corrected chi connectivity index (χ0v) is 11.6. The second-order valence-corrected chi connectivity index (χ2v) is 5.37. The van der Waals surface area contributed by atoms with Crippen molar-refractivity contribution in [3.8, 4) is 0 Å². The van der Waals surface area contributed by atoms with Gasteiger partial charge in [0.25, 0.3) is 0 Å². The number of carbonyl (C=O) groups excluding carboxylic acids is 1. The molecule has 0 aliphatic rings. The number of nitrogens with zero attached hydrogens (tertiary/aromatic N) is 2. The van der Waals surface area contributed by atoms with Gasteiger partial charge in [-0.3, -0.25) is 9.48 Å². The second kappa shape index (κ2) is 5.35. The average Bonchev–Trinajstić information content (AvgIpc) is 2.89. The van der Waals surface area contributed by atoms with Crippen molar-refractivity contribution in [2.24, 2.45) is 0 Å². The fourth-order valence-corrected chi connectivity index (χ4v) is 2.60. The van der Waals surface area contributed by atoms with Crippen LogP contribution in [0.2, 0.25) is 0 Å². The van der Waals surface area contributed by atoms with Crippen molar-refractivity contribution in [2.45, 2.75) is 33.4 Å². The summed E-state index contributed by atoms with van der Waals surface area (Å²) in [6.45, 7) is 6.14. The van der Waals surface area contributed by atoms with Crippen LogP contribution in [-0.4, -0.2) is 15.7 Å². The van der Waals surface area contributed by atoms with Gasteiger partial charge < -0.3 is 5.32 Å². The highest BCUT2D eigenvalue weighted by Crippen LogP contribution is 2.17. The third-order valence-corrected chi connectivity index (χ3v) is 3.80. The van der Waals surface area contributed by atoms with E-state index in [0.717, 1.165) is 16.3 Å². The molecular weight excluding hydrogens is 246 g/mol. The van der Waals surface area contributed by atoms with Gasteiger partial charge in [0.1, 0.15) is 6.54 Å². The maximum absolute atomic E-state index is 11.9. The molecule has 5 heteroatoms. The molecule has 2 aromatic rings. The Bertz CT molecular complexity index is 530. The van der Waals surface area contributed by atoms with E-state index in [0.29, 0.717) is 0 Å². The molecule has 2 rings (SSSR count). The smallest absolute Gasteiger partial charge is 0.242 e. The first-order chi connectivity index (χ1) is 8.56. The third kappa shape index (κ3) is 2.98. The van der Waals surface area contributed by atoms with Gasteiger partial charge >= 0.3 is 0 Å². The molecule has 1 N–H and O–H groups in total. The lowest BCUT2D eigenvalue weighted by Gasteiger charge is -2.12. The maximum atomic E-state index is 11.9. The first-order valence-corrected chi connectivity index (χ1v) is 6.78. The second-order valence-electron chi connectivity index (χ2n) is 4.39. The summed E-state index contributed by atoms with van der Waals surface area (Å²) in [6, 6.07) is 6.04. The summed E-state index contributed by atoms with van der Waals surface area (Å²) < 4.78 is 1.73. The highest BCUT2D eigenvalue weighted by atomic mass is 32.1. The van der Waals surface area contributed by atoms with Crippen molar-refractivity contribution < 1.29 is 4.79 Å². The monoisotopic (exact) mass is 263 g/mol. The molecule has 0 saturated carbocycles. The van der Waals surface area contributed by atoms with Gasteiger partial charge in [0.15, 0.2) is 0 Å². The first-order valence-electron chi connectivity index (χ1n) is 5.90. The van der Waals surface area contributed by atoms with Gasteiger partial charge in [0.2, 0.25) is 5.91 Å². The molecule has 0 bridgehead atoms. The average molecular weight is 263 g/mol. The van der Waals surface area contributed by atoms with E-state index in [2.05, 4.69) is 10.4 Å². The van der Waals surface area contributed by atoms with E-state index in [9.17, 15) is 4.79 Å². The Morgan fingerprint density at radius 1 is 1.56 bits per heavy atom. The topological polar surface area (TPSA) is 46.9 Å². The predicted molar refractivity (Wildman–Crippen MR) is 72.6 cm³/mol. The zero-order valence-electron chi connectivity index (χ0n) is 10.8. The molecule has 0 aliphatic heterocycles. The number of amides is 1. The largest absolute Gasteiger partial charge is 0.347 e. The molecule has 18 heavy (non-hydrogen) atoms. The van der Waals surface area contributed by atoms with Crippen LogP contribution in [-0.2, 0) is 11.3 Å². The van der Waals surface area contributed by atoms with E-state index in [4.69, 9.17) is 0 Å². The van der Waals surface area contributed by atoms with Gasteiger partial charge in [-0.25, -0.2) is 0 Å². The van der Waals surface area contributed by atoms with Gasteiger partial charge in [0.05, 0.1) is 11.7 Å². The van der Waals surface area contributed by atoms with Crippen LogP contribution in [0, 0.1) is 13.8 Å². The van der Waals surface area contributed by atoms with E-state index >= 15 is 0 Å². The van der Waals surface area contributed by atoms with Crippen molar-refractivity contribution in [1.82, 2.24) is 15.1 Å². The van der Waals surface area contributed by atoms with Crippen molar-refractivity contribution in [3.63, 3.8) is 0 Å². The minimum Gasteiger partial charge on any atom is -0.347 e. The summed E-state index contributed by atoms with van der Waals surface area (Å²) in [5, 5.41) is 9.27. The fraction of sp³-hybridized carbons (Fsp3) is 0.385. The first kappa shape index (κ1) is 12.8. The van der Waals surface area contributed by atoms with E-state index in [1.165, 1.54) is 0 Å². The van der Waals surface area contributed by atoms with Crippen LogP contribution in [0.4, 0.5) is 0 Å². The normalized spacial score (nSPS) is 12.4. The number of hydrogen-bond acceptors (Lipinski definition) is 3. The zero-order chi connectivity index (χ0) is 13.1. The molecule has 0 spiro atoms. The number of carbonyl (C=O) groups is 1. The Morgan fingerprint density at radius 3 is 2.89 bits per heavy atom. The molecule has 1 atom stereocenters. The van der Waals surface area contributed by atoms with E-state index < -0.39 is 0 Å². The minimum atomic E-state index is -0.0119. The number of aromatic nitrogens is 2. The van der Waals surface area contributed by atoms with Crippen LogP contribution in [0.5, 0.6) is 0 Å². The number of aryl methyl sites for hydroxylation is 2. The standard InChI is InChI=1S/C13H17N3OS/c1-9-7-10(2)16(15-9)8-13(17)14-11(3)12-5-4-6-18-12/h4-7,11H,8H2,1-3H3,(H,14,17). The van der Waals surface area contributed by atoms with Gasteiger partial charge in [0, 0.05) is 10.6 Å². The van der Waals surface area contributed by atoms with Crippen LogP contribution in [0.25, 0.3) is 0 Å². The number of nitrogens with one attached hydrogen (secondary N) is 1. The molecule has 0 aliphatic carbocycles. The van der Waals surface area contributed by atoms with Crippen LogP contribution < -0.4 is 5.32 Å². The lowest BCUT2D eigenvalue weighted by atomic mass is 10.3. The van der Waals surface area contributed by atoms with Crippen LogP contribution in [0.1, 0.15) is 29.2 Å². The predicted octanol–water partition coefficient (Wildman–Crippen LogP) is 2.44. The lowest BCUT2D eigenvalue weighted by Crippen LogP contribution is -2.30. The quantitative estimate of drug-likeness (QED) is 0.921. The molecule has 0 aromatic carbocycles. The molecule has 1 amide bonds. The molecule has 2 aromatic heterocycles. The molecule has 0 saturated heterocycles. The molecule has 0 fully saturated rings. The fourth-order valence-electron chi connectivity index (χ4n) is 1.87. The van der Waals surface area contributed by atoms with Crippen molar-refractivity contribution >= 4 is 17.2 Å². The Labute approximate surface area is 111 Å². The number of thiophene rings is 1. The molecule has 2 heterocycles. The number of hydrogen-bond donors (Lipinski definition) is 1. The van der Waals surface area contributed by atoms with Crippen LogP contribution in [0.15, 0.2) is 23.6 Å². The van der Waals surface area contributed by atoms with Crippen LogP contribution >= 0.6 is 11.3 Å². The highest BCUT2D eigenvalue weighted by molar-refractivity contribution is 7.10. The Balaban J connectivity index is 1.95. The SMILES string of the molecule is Cc1cc(C)n(CC(=O)NC(C)c2cccs2)n1. The Morgan fingerprint density at radius 2 is 2.33 bits per heavy atom. The maximum Gasteiger partial charge on any atom is 0.242 e. The van der Waals surface area contributed by atoms with Crippen molar-refractivity contribution in [2.75, 3.05) is 0 Å². The minimum absolute atomic E-state index is 0.0119. The summed E-state index contributed by atoms with van der Waals surface area (Å²) in [4.78, 5) is 13.1. The third-order valence-electron chi connectivity index (χ3n) is 2.74. The van der Waals surface area contributed by atoms with Gasteiger partial charge in [-0.1, -0.05) is 6.07 Å². The van der Waals surface area contributed by atoms with E-state index in [1.807, 2.05) is 44.4 Å². The lowest BCUT2D eigenvalue weighted by molar-refractivity contribution is -0.122. The number of rotatable bonds is 4. The van der Waals surface area contributed by atoms with Crippen molar-refractivity contribution in [1.29, 1.82) is 0 Å². The summed E-state index contributed by atoms with van der Waals surface area (Å²) in [6.07, 6.45) is 0. The molecule has 96 valence electrons. The van der Waals surface area contributed by atoms with Gasteiger partial charge in [-0.05, 0) is 38.3 Å². The summed E-state index contributed by atoms with van der Waals surface area (Å²) in [5.74, 6) is -0.0119. The molecule has 0 radical (unpaired) electrons. The summed E-state index contributed by atoms with van der Waals surface area (Å²) in [5.41, 5.74) is 1.94. The Kier molecular flexibility index (Phi) is 3.81.